The van der Waals surface area contributed by atoms with Gasteiger partial charge in [0.2, 0.25) is 0 Å². The van der Waals surface area contributed by atoms with Gasteiger partial charge in [0.05, 0.1) is 7.11 Å². The predicted octanol–water partition coefficient (Wildman–Crippen LogP) is 1.54. The normalized spacial score (nSPS) is 11.7. The van der Waals surface area contributed by atoms with Crippen molar-refractivity contribution in [2.24, 2.45) is 11.5 Å². The summed E-state index contributed by atoms with van der Waals surface area (Å²) in [6.07, 6.45) is 0. The maximum absolute atomic E-state index is 9.73. The van der Waals surface area contributed by atoms with Crippen molar-refractivity contribution in [2.75, 3.05) is 13.7 Å². The Balaban J connectivity index is 0.00000196. The van der Waals surface area contributed by atoms with Crippen LogP contribution in [0.25, 0.3) is 0 Å². The molecule has 6 heteroatoms. The highest BCUT2D eigenvalue weighted by molar-refractivity contribution is 9.10. The number of ether oxygens (including phenoxy) is 1. The molecule has 0 amide bonds. The molecule has 0 fully saturated rings. The molecule has 1 aromatic rings. The number of halogens is 2. The van der Waals surface area contributed by atoms with Crippen molar-refractivity contribution < 1.29 is 9.84 Å². The Bertz CT molecular complexity index is 336. The summed E-state index contributed by atoms with van der Waals surface area (Å²) in [5.41, 5.74) is 11.7. The largest absolute Gasteiger partial charge is 0.504 e. The molecule has 15 heavy (non-hydrogen) atoms. The summed E-state index contributed by atoms with van der Waals surface area (Å²) in [6.45, 7) is 0.271. The van der Waals surface area contributed by atoms with Crippen molar-refractivity contribution in [3.8, 4) is 11.5 Å². The first-order chi connectivity index (χ1) is 6.60. The minimum atomic E-state index is -0.388. The van der Waals surface area contributed by atoms with Crippen molar-refractivity contribution in [1.29, 1.82) is 0 Å². The van der Waals surface area contributed by atoms with Gasteiger partial charge >= 0.3 is 0 Å². The number of hydrogen-bond donors (Lipinski definition) is 3. The van der Waals surface area contributed by atoms with Crippen LogP contribution in [0.2, 0.25) is 0 Å². The second-order valence-corrected chi connectivity index (χ2v) is 3.80. The first kappa shape index (κ1) is 14.5. The van der Waals surface area contributed by atoms with Gasteiger partial charge in [-0.1, -0.05) is 15.9 Å². The van der Waals surface area contributed by atoms with Crippen LogP contribution in [0.4, 0.5) is 0 Å². The molecule has 0 aromatic heterocycles. The summed E-state index contributed by atoms with van der Waals surface area (Å²) in [5, 5.41) is 9.73. The quantitative estimate of drug-likeness (QED) is 0.790. The average molecular weight is 298 g/mol. The third-order valence-corrected chi connectivity index (χ3v) is 2.40. The molecule has 0 radical (unpaired) electrons. The van der Waals surface area contributed by atoms with Crippen LogP contribution in [0.1, 0.15) is 11.6 Å². The highest BCUT2D eigenvalue weighted by Gasteiger charge is 2.14. The van der Waals surface area contributed by atoms with E-state index >= 15 is 0 Å². The average Bonchev–Trinajstić information content (AvgIpc) is 2.19. The minimum Gasteiger partial charge on any atom is -0.504 e. The van der Waals surface area contributed by atoms with E-state index in [1.165, 1.54) is 7.11 Å². The van der Waals surface area contributed by atoms with Gasteiger partial charge in [0.1, 0.15) is 0 Å². The van der Waals surface area contributed by atoms with Gasteiger partial charge in [-0.2, -0.15) is 0 Å². The van der Waals surface area contributed by atoms with Gasteiger partial charge in [-0.25, -0.2) is 0 Å². The first-order valence-corrected chi connectivity index (χ1v) is 4.91. The van der Waals surface area contributed by atoms with Gasteiger partial charge in [-0.3, -0.25) is 0 Å². The molecular weight excluding hydrogens is 283 g/mol. The second kappa shape index (κ2) is 6.17. The number of methoxy groups -OCH3 is 1. The van der Waals surface area contributed by atoms with E-state index in [-0.39, 0.29) is 30.7 Å². The number of rotatable bonds is 3. The highest BCUT2D eigenvalue weighted by atomic mass is 79.9. The Morgan fingerprint density at radius 1 is 1.53 bits per heavy atom. The molecule has 0 saturated heterocycles. The molecule has 5 N–H and O–H groups in total. The van der Waals surface area contributed by atoms with Gasteiger partial charge in [-0.15, -0.1) is 12.4 Å². The van der Waals surface area contributed by atoms with Crippen LogP contribution < -0.4 is 16.2 Å². The highest BCUT2D eigenvalue weighted by Crippen LogP contribution is 2.35. The third kappa shape index (κ3) is 3.24. The Labute approximate surface area is 103 Å². The SMILES string of the molecule is COc1cc(Br)cc([C@@H](N)CN)c1O.Cl. The molecule has 0 heterocycles. The van der Waals surface area contributed by atoms with Gasteiger partial charge < -0.3 is 21.3 Å². The van der Waals surface area contributed by atoms with E-state index in [4.69, 9.17) is 16.2 Å². The maximum atomic E-state index is 9.73. The van der Waals surface area contributed by atoms with Crippen molar-refractivity contribution >= 4 is 28.3 Å². The molecule has 86 valence electrons. The van der Waals surface area contributed by atoms with E-state index in [0.717, 1.165) is 4.47 Å². The Morgan fingerprint density at radius 3 is 2.60 bits per heavy atom. The number of phenols is 1. The Hall–Kier alpha value is -0.490. The molecule has 1 aromatic carbocycles. The number of hydrogen-bond acceptors (Lipinski definition) is 4. The lowest BCUT2D eigenvalue weighted by molar-refractivity contribution is 0.368. The van der Waals surface area contributed by atoms with Crippen LogP contribution >= 0.6 is 28.3 Å². The first-order valence-electron chi connectivity index (χ1n) is 4.12. The van der Waals surface area contributed by atoms with Crippen molar-refractivity contribution in [3.05, 3.63) is 22.2 Å². The molecular formula is C9H14BrClN2O2. The maximum Gasteiger partial charge on any atom is 0.162 e. The molecule has 0 unspecified atom stereocenters. The zero-order valence-corrected chi connectivity index (χ0v) is 10.6. The summed E-state index contributed by atoms with van der Waals surface area (Å²) in [4.78, 5) is 0. The molecule has 1 rings (SSSR count). The summed E-state index contributed by atoms with van der Waals surface area (Å²) in [5.74, 6) is 0.437. The molecule has 0 aliphatic carbocycles. The lowest BCUT2D eigenvalue weighted by Crippen LogP contribution is -2.20. The van der Waals surface area contributed by atoms with Gasteiger partial charge in [0.15, 0.2) is 11.5 Å². The molecule has 4 nitrogen and oxygen atoms in total. The minimum absolute atomic E-state index is 0. The van der Waals surface area contributed by atoms with Crippen LogP contribution in [0.15, 0.2) is 16.6 Å². The van der Waals surface area contributed by atoms with Crippen LogP contribution in [-0.4, -0.2) is 18.8 Å². The van der Waals surface area contributed by atoms with Crippen LogP contribution in [0.5, 0.6) is 11.5 Å². The number of benzene rings is 1. The van der Waals surface area contributed by atoms with E-state index in [1.54, 1.807) is 12.1 Å². The van der Waals surface area contributed by atoms with Crippen LogP contribution in [0, 0.1) is 0 Å². The second-order valence-electron chi connectivity index (χ2n) is 2.89. The topological polar surface area (TPSA) is 81.5 Å². The fraction of sp³-hybridized carbons (Fsp3) is 0.333. The van der Waals surface area contributed by atoms with E-state index in [0.29, 0.717) is 11.3 Å². The standard InChI is InChI=1S/C9H13BrN2O2.ClH/c1-14-8-3-5(10)2-6(9(8)13)7(12)4-11;/h2-3,7,13H,4,11-12H2,1H3;1H/t7-;/m0./s1. The summed E-state index contributed by atoms with van der Waals surface area (Å²) < 4.78 is 5.78. The fourth-order valence-corrected chi connectivity index (χ4v) is 1.61. The zero-order valence-electron chi connectivity index (χ0n) is 8.24. The van der Waals surface area contributed by atoms with Crippen molar-refractivity contribution in [2.45, 2.75) is 6.04 Å². The van der Waals surface area contributed by atoms with Gasteiger partial charge in [-0.05, 0) is 12.1 Å². The van der Waals surface area contributed by atoms with Crippen molar-refractivity contribution in [3.63, 3.8) is 0 Å². The number of nitrogens with two attached hydrogens (primary N) is 2. The van der Waals surface area contributed by atoms with E-state index in [2.05, 4.69) is 15.9 Å². The van der Waals surface area contributed by atoms with Crippen LogP contribution in [0.3, 0.4) is 0 Å². The predicted molar refractivity (Wildman–Crippen MR) is 65.6 cm³/mol. The molecule has 0 bridgehead atoms. The van der Waals surface area contributed by atoms with Crippen molar-refractivity contribution in [1.82, 2.24) is 0 Å². The summed E-state index contributed by atoms with van der Waals surface area (Å²) in [6, 6.07) is 3.01. The Morgan fingerprint density at radius 2 is 2.13 bits per heavy atom. The lowest BCUT2D eigenvalue weighted by atomic mass is 10.1. The Kier molecular flexibility index (Phi) is 5.97. The zero-order chi connectivity index (χ0) is 10.7. The third-order valence-electron chi connectivity index (χ3n) is 1.94. The summed E-state index contributed by atoms with van der Waals surface area (Å²) >= 11 is 3.30. The van der Waals surface area contributed by atoms with Gasteiger partial charge in [0.25, 0.3) is 0 Å². The molecule has 0 aliphatic heterocycles. The van der Waals surface area contributed by atoms with E-state index in [1.807, 2.05) is 0 Å². The van der Waals surface area contributed by atoms with E-state index < -0.39 is 0 Å². The smallest absolute Gasteiger partial charge is 0.162 e. The van der Waals surface area contributed by atoms with Crippen LogP contribution in [-0.2, 0) is 0 Å². The molecule has 1 atom stereocenters. The van der Waals surface area contributed by atoms with E-state index in [9.17, 15) is 5.11 Å². The monoisotopic (exact) mass is 296 g/mol. The fourth-order valence-electron chi connectivity index (χ4n) is 1.16. The molecule has 0 spiro atoms. The molecule has 0 aliphatic rings. The molecule has 0 saturated carbocycles. The van der Waals surface area contributed by atoms with Gasteiger partial charge in [0, 0.05) is 22.6 Å². The summed E-state index contributed by atoms with van der Waals surface area (Å²) in [7, 11) is 1.49. The lowest BCUT2D eigenvalue weighted by Gasteiger charge is -2.14. The number of aromatic hydroxyl groups is 1. The number of phenolic OH excluding ortho intramolecular Hbond substituents is 1.